The lowest BCUT2D eigenvalue weighted by molar-refractivity contribution is -0.140. The number of piperazine rings is 1. The third-order valence-electron chi connectivity index (χ3n) is 4.77. The lowest BCUT2D eigenvalue weighted by Gasteiger charge is -2.37. The topological polar surface area (TPSA) is 75.9 Å². The first-order chi connectivity index (χ1) is 13.0. The van der Waals surface area contributed by atoms with Crippen LogP contribution in [-0.2, 0) is 9.53 Å². The number of hydrogen-bond acceptors (Lipinski definition) is 5. The molecule has 1 unspecified atom stereocenters. The van der Waals surface area contributed by atoms with Gasteiger partial charge in [0.25, 0.3) is 5.91 Å². The second-order valence-corrected chi connectivity index (χ2v) is 6.79. The Morgan fingerprint density at radius 1 is 1.04 bits per heavy atom. The number of esters is 1. The van der Waals surface area contributed by atoms with Gasteiger partial charge in [0.2, 0.25) is 0 Å². The van der Waals surface area contributed by atoms with Crippen LogP contribution in [0.3, 0.4) is 0 Å². The largest absolute Gasteiger partial charge is 0.449 e. The fraction of sp³-hybridized carbons (Fsp3) is 0.333. The van der Waals surface area contributed by atoms with E-state index in [0.29, 0.717) is 24.3 Å². The zero-order valence-electron chi connectivity index (χ0n) is 15.7. The van der Waals surface area contributed by atoms with Crippen LogP contribution >= 0.6 is 0 Å². The number of anilines is 2. The van der Waals surface area contributed by atoms with Crippen molar-refractivity contribution >= 4 is 23.3 Å². The Morgan fingerprint density at radius 2 is 1.70 bits per heavy atom. The maximum absolute atomic E-state index is 12.7. The van der Waals surface area contributed by atoms with Gasteiger partial charge in [-0.05, 0) is 38.1 Å². The maximum atomic E-state index is 12.7. The van der Waals surface area contributed by atoms with Crippen LogP contribution in [0.2, 0.25) is 0 Å². The van der Waals surface area contributed by atoms with E-state index in [1.165, 1.54) is 0 Å². The van der Waals surface area contributed by atoms with E-state index in [1.54, 1.807) is 24.0 Å². The van der Waals surface area contributed by atoms with Crippen molar-refractivity contribution < 1.29 is 14.3 Å². The summed E-state index contributed by atoms with van der Waals surface area (Å²) in [7, 11) is 0. The maximum Gasteiger partial charge on any atom is 0.341 e. The summed E-state index contributed by atoms with van der Waals surface area (Å²) in [6.45, 7) is 6.18. The molecule has 1 atom stereocenters. The van der Waals surface area contributed by atoms with E-state index in [1.807, 2.05) is 31.2 Å². The number of rotatable bonds is 4. The summed E-state index contributed by atoms with van der Waals surface area (Å²) in [6.07, 6.45) is -0.847. The summed E-state index contributed by atoms with van der Waals surface area (Å²) in [6, 6.07) is 15.3. The number of hydrogen-bond donors (Lipinski definition) is 1. The van der Waals surface area contributed by atoms with Crippen molar-refractivity contribution in [3.63, 3.8) is 0 Å². The van der Waals surface area contributed by atoms with E-state index in [4.69, 9.17) is 10.5 Å². The van der Waals surface area contributed by atoms with Gasteiger partial charge in [-0.3, -0.25) is 4.79 Å². The molecule has 0 spiro atoms. The first-order valence-corrected chi connectivity index (χ1v) is 9.11. The SMILES string of the molecule is Cc1ccc(N)c(C(=O)OC(C)C(=O)N2CCN(c3ccccc3)CC2)c1. The molecule has 0 saturated carbocycles. The molecule has 6 nitrogen and oxygen atoms in total. The molecule has 1 fully saturated rings. The lowest BCUT2D eigenvalue weighted by Crippen LogP contribution is -2.51. The zero-order valence-corrected chi connectivity index (χ0v) is 15.7. The minimum atomic E-state index is -0.847. The molecule has 0 aliphatic carbocycles. The fourth-order valence-electron chi connectivity index (χ4n) is 3.20. The lowest BCUT2D eigenvalue weighted by atomic mass is 10.1. The Balaban J connectivity index is 1.56. The van der Waals surface area contributed by atoms with Crippen molar-refractivity contribution in [3.05, 3.63) is 59.7 Å². The van der Waals surface area contributed by atoms with E-state index < -0.39 is 12.1 Å². The minimum absolute atomic E-state index is 0.178. The molecular weight excluding hydrogens is 342 g/mol. The summed E-state index contributed by atoms with van der Waals surface area (Å²) in [5.74, 6) is -0.748. The third kappa shape index (κ3) is 4.39. The van der Waals surface area contributed by atoms with Gasteiger partial charge >= 0.3 is 5.97 Å². The second-order valence-electron chi connectivity index (χ2n) is 6.79. The number of ether oxygens (including phenoxy) is 1. The van der Waals surface area contributed by atoms with Crippen LogP contribution in [-0.4, -0.2) is 49.1 Å². The number of carbonyl (C=O) groups is 2. The van der Waals surface area contributed by atoms with Gasteiger partial charge in [0.1, 0.15) is 0 Å². The summed E-state index contributed by atoms with van der Waals surface area (Å²) < 4.78 is 5.37. The molecule has 0 aromatic heterocycles. The number of nitrogen functional groups attached to an aromatic ring is 1. The molecule has 142 valence electrons. The normalized spacial score (nSPS) is 15.3. The fourth-order valence-corrected chi connectivity index (χ4v) is 3.20. The zero-order chi connectivity index (χ0) is 19.4. The molecule has 1 aliphatic heterocycles. The van der Waals surface area contributed by atoms with Gasteiger partial charge in [-0.15, -0.1) is 0 Å². The molecule has 3 rings (SSSR count). The van der Waals surface area contributed by atoms with Gasteiger partial charge in [-0.2, -0.15) is 0 Å². The van der Waals surface area contributed by atoms with E-state index in [0.717, 1.165) is 24.3 Å². The third-order valence-corrected chi connectivity index (χ3v) is 4.77. The van der Waals surface area contributed by atoms with Crippen LogP contribution in [0.1, 0.15) is 22.8 Å². The quantitative estimate of drug-likeness (QED) is 0.664. The highest BCUT2D eigenvalue weighted by atomic mass is 16.5. The van der Waals surface area contributed by atoms with Gasteiger partial charge in [-0.1, -0.05) is 29.8 Å². The molecule has 27 heavy (non-hydrogen) atoms. The Hall–Kier alpha value is -3.02. The van der Waals surface area contributed by atoms with Crippen molar-refractivity contribution in [2.75, 3.05) is 36.8 Å². The summed E-state index contributed by atoms with van der Waals surface area (Å²) in [4.78, 5) is 29.0. The average molecular weight is 367 g/mol. The van der Waals surface area contributed by atoms with Gasteiger partial charge in [0, 0.05) is 37.6 Å². The van der Waals surface area contributed by atoms with Gasteiger partial charge in [0.15, 0.2) is 6.10 Å². The molecule has 2 aromatic rings. The van der Waals surface area contributed by atoms with Crippen molar-refractivity contribution in [1.29, 1.82) is 0 Å². The van der Waals surface area contributed by atoms with Gasteiger partial charge < -0.3 is 20.3 Å². The molecule has 2 N–H and O–H groups in total. The molecule has 1 amide bonds. The molecule has 0 bridgehead atoms. The molecule has 1 heterocycles. The molecule has 6 heteroatoms. The molecular formula is C21H25N3O3. The molecule has 1 saturated heterocycles. The predicted molar refractivity (Wildman–Crippen MR) is 106 cm³/mol. The summed E-state index contributed by atoms with van der Waals surface area (Å²) in [5, 5.41) is 0. The smallest absolute Gasteiger partial charge is 0.341 e. The highest BCUT2D eigenvalue weighted by Crippen LogP contribution is 2.18. The van der Waals surface area contributed by atoms with Crippen LogP contribution in [0, 0.1) is 6.92 Å². The number of para-hydroxylation sites is 1. The Bertz CT molecular complexity index is 815. The predicted octanol–water partition coefficient (Wildman–Crippen LogP) is 2.47. The molecule has 0 radical (unpaired) electrons. The number of carbonyl (C=O) groups excluding carboxylic acids is 2. The Labute approximate surface area is 159 Å². The highest BCUT2D eigenvalue weighted by Gasteiger charge is 2.28. The van der Waals surface area contributed by atoms with Crippen molar-refractivity contribution in [3.8, 4) is 0 Å². The van der Waals surface area contributed by atoms with Crippen LogP contribution < -0.4 is 10.6 Å². The minimum Gasteiger partial charge on any atom is -0.449 e. The van der Waals surface area contributed by atoms with Crippen LogP contribution in [0.4, 0.5) is 11.4 Å². The first-order valence-electron chi connectivity index (χ1n) is 9.11. The van der Waals surface area contributed by atoms with Crippen molar-refractivity contribution in [1.82, 2.24) is 4.90 Å². The summed E-state index contributed by atoms with van der Waals surface area (Å²) in [5.41, 5.74) is 8.56. The average Bonchev–Trinajstić information content (AvgIpc) is 2.70. The standard InChI is InChI=1S/C21H25N3O3/c1-15-8-9-19(22)18(14-15)21(26)27-16(2)20(25)24-12-10-23(11-13-24)17-6-4-3-5-7-17/h3-9,14,16H,10-13,22H2,1-2H3. The van der Waals surface area contributed by atoms with E-state index >= 15 is 0 Å². The molecule has 2 aromatic carbocycles. The van der Waals surface area contributed by atoms with E-state index in [-0.39, 0.29) is 5.91 Å². The van der Waals surface area contributed by atoms with Crippen molar-refractivity contribution in [2.45, 2.75) is 20.0 Å². The number of aryl methyl sites for hydroxylation is 1. The van der Waals surface area contributed by atoms with Gasteiger partial charge in [0.05, 0.1) is 5.56 Å². The highest BCUT2D eigenvalue weighted by molar-refractivity contribution is 5.97. The van der Waals surface area contributed by atoms with E-state index in [2.05, 4.69) is 17.0 Å². The monoisotopic (exact) mass is 367 g/mol. The Kier molecular flexibility index (Phi) is 5.64. The van der Waals surface area contributed by atoms with Crippen LogP contribution in [0.5, 0.6) is 0 Å². The second kappa shape index (κ2) is 8.12. The van der Waals surface area contributed by atoms with Crippen LogP contribution in [0.15, 0.2) is 48.5 Å². The van der Waals surface area contributed by atoms with Crippen LogP contribution in [0.25, 0.3) is 0 Å². The summed E-state index contributed by atoms with van der Waals surface area (Å²) >= 11 is 0. The number of benzene rings is 2. The van der Waals surface area contributed by atoms with E-state index in [9.17, 15) is 9.59 Å². The molecule has 1 aliphatic rings. The van der Waals surface area contributed by atoms with Crippen molar-refractivity contribution in [2.24, 2.45) is 0 Å². The number of nitrogens with zero attached hydrogens (tertiary/aromatic N) is 2. The van der Waals surface area contributed by atoms with Gasteiger partial charge in [-0.25, -0.2) is 4.79 Å². The number of nitrogens with two attached hydrogens (primary N) is 1. The first kappa shape index (κ1) is 18.8. The number of amides is 1. The Morgan fingerprint density at radius 3 is 2.37 bits per heavy atom.